The molecular formula is C11H20N6O. The van der Waals surface area contributed by atoms with Gasteiger partial charge in [-0.25, -0.2) is 0 Å². The van der Waals surface area contributed by atoms with Crippen LogP contribution in [0.5, 0.6) is 5.75 Å². The van der Waals surface area contributed by atoms with Crippen LogP contribution in [0.1, 0.15) is 12.8 Å². The Kier molecular flexibility index (Phi) is 4.03. The van der Waals surface area contributed by atoms with Gasteiger partial charge in [-0.3, -0.25) is 0 Å². The van der Waals surface area contributed by atoms with Crippen molar-refractivity contribution in [2.45, 2.75) is 12.8 Å². The molecule has 0 unspecified atom stereocenters. The molecular weight excluding hydrogens is 232 g/mol. The van der Waals surface area contributed by atoms with Crippen LogP contribution in [0.3, 0.4) is 0 Å². The molecule has 18 heavy (non-hydrogen) atoms. The van der Waals surface area contributed by atoms with Gasteiger partial charge in [0.1, 0.15) is 6.61 Å². The van der Waals surface area contributed by atoms with Crippen molar-refractivity contribution in [1.29, 1.82) is 0 Å². The summed E-state index contributed by atoms with van der Waals surface area (Å²) < 4.78 is 5.64. The fourth-order valence-corrected chi connectivity index (χ4v) is 2.17. The van der Waals surface area contributed by atoms with Gasteiger partial charge in [0.2, 0.25) is 11.7 Å². The van der Waals surface area contributed by atoms with Crippen molar-refractivity contribution in [1.82, 2.24) is 9.97 Å². The molecule has 0 radical (unpaired) electrons. The molecule has 7 nitrogen and oxygen atoms in total. The molecule has 0 aromatic carbocycles. The van der Waals surface area contributed by atoms with Gasteiger partial charge < -0.3 is 26.4 Å². The predicted molar refractivity (Wildman–Crippen MR) is 72.0 cm³/mol. The number of rotatable bonds is 1. The van der Waals surface area contributed by atoms with Crippen LogP contribution in [0, 0.1) is 0 Å². The molecule has 1 saturated heterocycles. The fourth-order valence-electron chi connectivity index (χ4n) is 2.17. The number of nitrogens with two attached hydrogens (primary N) is 2. The van der Waals surface area contributed by atoms with Gasteiger partial charge >= 0.3 is 0 Å². The normalized spacial score (nSPS) is 17.1. The van der Waals surface area contributed by atoms with E-state index in [9.17, 15) is 0 Å². The maximum absolute atomic E-state index is 5.71. The average molecular weight is 252 g/mol. The molecule has 0 saturated carbocycles. The molecule has 3 rings (SSSR count). The lowest BCUT2D eigenvalue weighted by atomic mass is 10.4. The molecule has 1 aromatic heterocycles. The van der Waals surface area contributed by atoms with Gasteiger partial charge in [0.05, 0.1) is 6.54 Å². The molecule has 0 atom stereocenters. The lowest BCUT2D eigenvalue weighted by molar-refractivity contribution is 0.320. The molecule has 2 aliphatic heterocycles. The second-order valence-electron chi connectivity index (χ2n) is 4.05. The van der Waals surface area contributed by atoms with Gasteiger partial charge in [-0.15, -0.1) is 0 Å². The lowest BCUT2D eigenvalue weighted by Crippen LogP contribution is -2.26. The number of aromatic nitrogens is 2. The first kappa shape index (κ1) is 12.7. The Balaban J connectivity index is 0.000000574. The Bertz CT molecular complexity index is 405. The smallest absolute Gasteiger partial charge is 0.224 e. The number of nitrogens with one attached hydrogen (secondary N) is 1. The van der Waals surface area contributed by atoms with Crippen LogP contribution < -0.4 is 26.4 Å². The van der Waals surface area contributed by atoms with E-state index in [2.05, 4.69) is 25.9 Å². The van der Waals surface area contributed by atoms with Crippen LogP contribution in [0.2, 0.25) is 0 Å². The van der Waals surface area contributed by atoms with E-state index >= 15 is 0 Å². The van der Waals surface area contributed by atoms with Gasteiger partial charge in [0.15, 0.2) is 11.6 Å². The largest absolute Gasteiger partial charge is 0.485 e. The first-order valence-electron chi connectivity index (χ1n) is 6.21. The third-order valence-electron chi connectivity index (χ3n) is 2.91. The highest BCUT2D eigenvalue weighted by Crippen LogP contribution is 2.36. The summed E-state index contributed by atoms with van der Waals surface area (Å²) in [6, 6.07) is 0. The minimum Gasteiger partial charge on any atom is -0.485 e. The zero-order valence-corrected chi connectivity index (χ0v) is 10.6. The Labute approximate surface area is 107 Å². The summed E-state index contributed by atoms with van der Waals surface area (Å²) in [7, 11) is 1.50. The van der Waals surface area contributed by atoms with Crippen LogP contribution in [0.25, 0.3) is 0 Å². The van der Waals surface area contributed by atoms with Gasteiger partial charge in [-0.05, 0) is 19.9 Å². The van der Waals surface area contributed by atoms with Gasteiger partial charge in [0, 0.05) is 13.1 Å². The molecule has 5 N–H and O–H groups in total. The van der Waals surface area contributed by atoms with E-state index < -0.39 is 0 Å². The van der Waals surface area contributed by atoms with E-state index in [0.717, 1.165) is 37.0 Å². The highest BCUT2D eigenvalue weighted by atomic mass is 16.5. The Morgan fingerprint density at radius 2 is 1.94 bits per heavy atom. The van der Waals surface area contributed by atoms with Crippen LogP contribution in [0.15, 0.2) is 0 Å². The molecule has 2 aliphatic rings. The van der Waals surface area contributed by atoms with Crippen molar-refractivity contribution in [3.63, 3.8) is 0 Å². The van der Waals surface area contributed by atoms with E-state index in [1.807, 2.05) is 0 Å². The molecule has 0 spiro atoms. The second-order valence-corrected chi connectivity index (χ2v) is 4.05. The number of hydrogen-bond acceptors (Lipinski definition) is 7. The SMILES string of the molecule is CN.Nc1nc2c(c(N3CCCC3)n1)OCCN2. The van der Waals surface area contributed by atoms with Gasteiger partial charge in [0.25, 0.3) is 0 Å². The van der Waals surface area contributed by atoms with Gasteiger partial charge in [-0.2, -0.15) is 9.97 Å². The summed E-state index contributed by atoms with van der Waals surface area (Å²) in [4.78, 5) is 10.7. The average Bonchev–Trinajstić information content (AvgIpc) is 2.94. The van der Waals surface area contributed by atoms with Crippen molar-refractivity contribution >= 4 is 17.6 Å². The maximum Gasteiger partial charge on any atom is 0.224 e. The molecule has 7 heteroatoms. The van der Waals surface area contributed by atoms with Crippen LogP contribution in [-0.2, 0) is 0 Å². The zero-order valence-electron chi connectivity index (χ0n) is 10.6. The molecule has 100 valence electrons. The summed E-state index contributed by atoms with van der Waals surface area (Å²) in [6.07, 6.45) is 2.40. The molecule has 0 amide bonds. The first-order chi connectivity index (χ1) is 8.84. The monoisotopic (exact) mass is 252 g/mol. The number of nitrogens with zero attached hydrogens (tertiary/aromatic N) is 3. The van der Waals surface area contributed by atoms with E-state index in [-0.39, 0.29) is 0 Å². The van der Waals surface area contributed by atoms with E-state index in [4.69, 9.17) is 10.5 Å². The van der Waals surface area contributed by atoms with Crippen LogP contribution in [0.4, 0.5) is 17.6 Å². The van der Waals surface area contributed by atoms with Crippen molar-refractivity contribution < 1.29 is 4.74 Å². The number of ether oxygens (including phenoxy) is 1. The van der Waals surface area contributed by atoms with E-state index in [1.54, 1.807) is 0 Å². The quantitative estimate of drug-likeness (QED) is 0.648. The van der Waals surface area contributed by atoms with Crippen LogP contribution in [-0.4, -0.2) is 43.3 Å². The maximum atomic E-state index is 5.71. The summed E-state index contributed by atoms with van der Waals surface area (Å²) >= 11 is 0. The summed E-state index contributed by atoms with van der Waals surface area (Å²) in [5.41, 5.74) is 10.2. The van der Waals surface area contributed by atoms with Crippen molar-refractivity contribution in [3.8, 4) is 5.75 Å². The van der Waals surface area contributed by atoms with E-state index in [0.29, 0.717) is 12.6 Å². The summed E-state index contributed by atoms with van der Waals surface area (Å²) in [5.74, 6) is 2.62. The standard InChI is InChI=1S/C10H15N5O.CH5N/c11-10-13-8-7(16-6-3-12-8)9(14-10)15-4-1-2-5-15;1-2/h1-6H2,(H3,11,12,13,14);2H2,1H3. The predicted octanol–water partition coefficient (Wildman–Crippen LogP) is 0.0382. The number of anilines is 3. The lowest BCUT2D eigenvalue weighted by Gasteiger charge is -2.25. The van der Waals surface area contributed by atoms with Crippen molar-refractivity contribution in [3.05, 3.63) is 0 Å². The fraction of sp³-hybridized carbons (Fsp3) is 0.636. The molecule has 1 aromatic rings. The topological polar surface area (TPSA) is 102 Å². The highest BCUT2D eigenvalue weighted by molar-refractivity contribution is 5.68. The van der Waals surface area contributed by atoms with Gasteiger partial charge in [-0.1, -0.05) is 0 Å². The number of hydrogen-bond donors (Lipinski definition) is 3. The van der Waals surface area contributed by atoms with Crippen molar-refractivity contribution in [2.75, 3.05) is 49.2 Å². The Morgan fingerprint density at radius 3 is 2.67 bits per heavy atom. The minimum absolute atomic E-state index is 0.304. The highest BCUT2D eigenvalue weighted by Gasteiger charge is 2.24. The summed E-state index contributed by atoms with van der Waals surface area (Å²) in [5, 5.41) is 3.18. The third kappa shape index (κ3) is 2.40. The molecule has 0 aliphatic carbocycles. The van der Waals surface area contributed by atoms with Crippen LogP contribution >= 0.6 is 0 Å². The Hall–Kier alpha value is -1.76. The van der Waals surface area contributed by atoms with Crippen molar-refractivity contribution in [2.24, 2.45) is 5.73 Å². The summed E-state index contributed by atoms with van der Waals surface area (Å²) in [6.45, 7) is 3.46. The zero-order chi connectivity index (χ0) is 13.0. The molecule has 0 bridgehead atoms. The second kappa shape index (κ2) is 5.72. The number of fused-ring (bicyclic) bond motifs is 1. The Morgan fingerprint density at radius 1 is 1.22 bits per heavy atom. The van der Waals surface area contributed by atoms with E-state index in [1.165, 1.54) is 19.9 Å². The third-order valence-corrected chi connectivity index (χ3v) is 2.91. The first-order valence-corrected chi connectivity index (χ1v) is 6.21. The number of nitrogen functional groups attached to an aromatic ring is 1. The minimum atomic E-state index is 0.304. The molecule has 3 heterocycles. The molecule has 1 fully saturated rings.